The minimum atomic E-state index is 1.09. The largest absolute Gasteiger partial charge is 0.310 e. The highest BCUT2D eigenvalue weighted by Crippen LogP contribution is 2.44. The Hall–Kier alpha value is -7.68. The first-order valence-corrected chi connectivity index (χ1v) is 19.9. The van der Waals surface area contributed by atoms with Crippen LogP contribution in [0.15, 0.2) is 231 Å². The van der Waals surface area contributed by atoms with E-state index in [2.05, 4.69) is 240 Å². The summed E-state index contributed by atoms with van der Waals surface area (Å²) < 4.78 is 2.44. The number of hydrogen-bond acceptors (Lipinski definition) is 1. The summed E-state index contributed by atoms with van der Waals surface area (Å²) in [7, 11) is 0. The van der Waals surface area contributed by atoms with Gasteiger partial charge in [0, 0.05) is 38.6 Å². The standard InChI is InChI=1S/C56H38N2/c1-4-15-39(16-5-1)45-35-46(40-17-6-2-7-18-40)37-49(36-45)57(54-26-14-21-42-19-10-12-24-50(42)54)48-31-27-41(28-32-48)44-30-33-52-53-34-29-43-20-11-13-25-51(43)56(53)58(55(52)38-44)47-22-8-3-9-23-47/h1-38H. The van der Waals surface area contributed by atoms with Crippen LogP contribution in [0, 0.1) is 0 Å². The van der Waals surface area contributed by atoms with Crippen molar-refractivity contribution in [1.82, 2.24) is 4.57 Å². The van der Waals surface area contributed by atoms with Crippen molar-refractivity contribution in [1.29, 1.82) is 0 Å². The van der Waals surface area contributed by atoms with Gasteiger partial charge in [-0.3, -0.25) is 0 Å². The molecule has 0 bridgehead atoms. The van der Waals surface area contributed by atoms with Crippen molar-refractivity contribution in [2.45, 2.75) is 0 Å². The molecule has 0 spiro atoms. The quantitative estimate of drug-likeness (QED) is 0.158. The number of fused-ring (bicyclic) bond motifs is 6. The summed E-state index contributed by atoms with van der Waals surface area (Å²) in [6, 6.07) is 83.7. The van der Waals surface area contributed by atoms with E-state index in [1.165, 1.54) is 76.7 Å². The highest BCUT2D eigenvalue weighted by Gasteiger charge is 2.19. The van der Waals surface area contributed by atoms with Gasteiger partial charge in [-0.15, -0.1) is 0 Å². The van der Waals surface area contributed by atoms with Crippen molar-refractivity contribution in [2.75, 3.05) is 4.90 Å². The van der Waals surface area contributed by atoms with E-state index in [1.54, 1.807) is 0 Å². The number of hydrogen-bond donors (Lipinski definition) is 0. The van der Waals surface area contributed by atoms with Crippen LogP contribution in [0.3, 0.4) is 0 Å². The van der Waals surface area contributed by atoms with E-state index in [1.807, 2.05) is 0 Å². The zero-order valence-electron chi connectivity index (χ0n) is 31.8. The van der Waals surface area contributed by atoms with Crippen LogP contribution >= 0.6 is 0 Å². The second-order valence-electron chi connectivity index (χ2n) is 15.0. The van der Waals surface area contributed by atoms with E-state index in [4.69, 9.17) is 0 Å². The van der Waals surface area contributed by atoms with Crippen molar-refractivity contribution < 1.29 is 0 Å². The smallest absolute Gasteiger partial charge is 0.0619 e. The zero-order valence-corrected chi connectivity index (χ0v) is 31.8. The lowest BCUT2D eigenvalue weighted by Gasteiger charge is -2.28. The third kappa shape index (κ3) is 5.82. The van der Waals surface area contributed by atoms with Gasteiger partial charge in [-0.1, -0.05) is 176 Å². The Balaban J connectivity index is 1.09. The first-order chi connectivity index (χ1) is 28.8. The van der Waals surface area contributed by atoms with Gasteiger partial charge in [-0.2, -0.15) is 0 Å². The van der Waals surface area contributed by atoms with Crippen LogP contribution in [0.5, 0.6) is 0 Å². The highest BCUT2D eigenvalue weighted by molar-refractivity contribution is 6.19. The molecule has 10 aromatic carbocycles. The number of anilines is 3. The molecule has 1 aromatic heterocycles. The molecule has 11 rings (SSSR count). The number of benzene rings is 10. The average molecular weight is 739 g/mol. The molecule has 272 valence electrons. The Bertz CT molecular complexity index is 3190. The molecule has 0 saturated carbocycles. The summed E-state index contributed by atoms with van der Waals surface area (Å²) in [5.41, 5.74) is 14.0. The van der Waals surface area contributed by atoms with Crippen LogP contribution < -0.4 is 4.90 Å². The summed E-state index contributed by atoms with van der Waals surface area (Å²) in [5, 5.41) is 7.42. The van der Waals surface area contributed by atoms with Gasteiger partial charge in [-0.05, 0) is 98.8 Å². The number of aromatic nitrogens is 1. The molecular formula is C56H38N2. The van der Waals surface area contributed by atoms with Gasteiger partial charge < -0.3 is 9.47 Å². The second-order valence-corrected chi connectivity index (χ2v) is 15.0. The second kappa shape index (κ2) is 14.1. The highest BCUT2D eigenvalue weighted by atomic mass is 15.1. The van der Waals surface area contributed by atoms with Crippen LogP contribution in [0.25, 0.3) is 82.4 Å². The average Bonchev–Trinajstić information content (AvgIpc) is 3.64. The maximum atomic E-state index is 2.44. The Kier molecular flexibility index (Phi) is 8.19. The summed E-state index contributed by atoms with van der Waals surface area (Å²) in [6.07, 6.45) is 0. The number of para-hydroxylation sites is 1. The Morgan fingerprint density at radius 1 is 0.293 bits per heavy atom. The molecule has 0 aliphatic rings. The van der Waals surface area contributed by atoms with Gasteiger partial charge in [0.05, 0.1) is 16.7 Å². The lowest BCUT2D eigenvalue weighted by Crippen LogP contribution is -2.11. The van der Waals surface area contributed by atoms with Crippen molar-refractivity contribution in [3.05, 3.63) is 231 Å². The molecule has 1 heterocycles. The molecule has 0 atom stereocenters. The Morgan fingerprint density at radius 2 is 0.828 bits per heavy atom. The van der Waals surface area contributed by atoms with Crippen molar-refractivity contribution in [3.8, 4) is 39.1 Å². The lowest BCUT2D eigenvalue weighted by atomic mass is 9.96. The molecule has 0 unspecified atom stereocenters. The fourth-order valence-corrected chi connectivity index (χ4v) is 8.77. The van der Waals surface area contributed by atoms with Crippen LogP contribution in [0.1, 0.15) is 0 Å². The van der Waals surface area contributed by atoms with Gasteiger partial charge in [0.15, 0.2) is 0 Å². The predicted octanol–water partition coefficient (Wildman–Crippen LogP) is 15.6. The zero-order chi connectivity index (χ0) is 38.4. The molecule has 0 aliphatic carbocycles. The van der Waals surface area contributed by atoms with Gasteiger partial charge in [0.25, 0.3) is 0 Å². The van der Waals surface area contributed by atoms with Crippen LogP contribution in [0.2, 0.25) is 0 Å². The number of rotatable bonds is 7. The minimum Gasteiger partial charge on any atom is -0.310 e. The SMILES string of the molecule is c1ccc(-c2cc(-c3ccccc3)cc(N(c3ccc(-c4ccc5c6ccc7ccccc7c6n(-c6ccccc6)c5c4)cc3)c3cccc4ccccc34)c2)cc1. The van der Waals surface area contributed by atoms with Crippen molar-refractivity contribution >= 4 is 60.4 Å². The third-order valence-corrected chi connectivity index (χ3v) is 11.5. The summed E-state index contributed by atoms with van der Waals surface area (Å²) >= 11 is 0. The normalized spacial score (nSPS) is 11.4. The van der Waals surface area contributed by atoms with E-state index in [0.29, 0.717) is 0 Å². The molecule has 0 fully saturated rings. The predicted molar refractivity (Wildman–Crippen MR) is 247 cm³/mol. The van der Waals surface area contributed by atoms with Crippen molar-refractivity contribution in [2.24, 2.45) is 0 Å². The summed E-state index contributed by atoms with van der Waals surface area (Å²) in [4.78, 5) is 2.42. The first kappa shape index (κ1) is 33.6. The van der Waals surface area contributed by atoms with Crippen LogP contribution in [0.4, 0.5) is 17.1 Å². The minimum absolute atomic E-state index is 1.09. The monoisotopic (exact) mass is 738 g/mol. The molecule has 58 heavy (non-hydrogen) atoms. The van der Waals surface area contributed by atoms with E-state index in [-0.39, 0.29) is 0 Å². The van der Waals surface area contributed by atoms with Gasteiger partial charge in [0.2, 0.25) is 0 Å². The molecule has 0 aliphatic heterocycles. The molecule has 0 radical (unpaired) electrons. The lowest BCUT2D eigenvalue weighted by molar-refractivity contribution is 1.19. The van der Waals surface area contributed by atoms with Crippen LogP contribution in [-0.2, 0) is 0 Å². The van der Waals surface area contributed by atoms with E-state index in [0.717, 1.165) is 22.7 Å². The maximum absolute atomic E-state index is 2.44. The molecule has 0 saturated heterocycles. The Labute approximate surface area is 338 Å². The fourth-order valence-electron chi connectivity index (χ4n) is 8.77. The molecule has 2 nitrogen and oxygen atoms in total. The Morgan fingerprint density at radius 3 is 1.52 bits per heavy atom. The fraction of sp³-hybridized carbons (Fsp3) is 0. The summed E-state index contributed by atoms with van der Waals surface area (Å²) in [5.74, 6) is 0. The first-order valence-electron chi connectivity index (χ1n) is 19.9. The van der Waals surface area contributed by atoms with Gasteiger partial charge in [-0.25, -0.2) is 0 Å². The molecular weight excluding hydrogens is 701 g/mol. The molecule has 11 aromatic rings. The molecule has 2 heteroatoms. The topological polar surface area (TPSA) is 8.17 Å². The van der Waals surface area contributed by atoms with E-state index >= 15 is 0 Å². The number of nitrogens with zero attached hydrogens (tertiary/aromatic N) is 2. The summed E-state index contributed by atoms with van der Waals surface area (Å²) in [6.45, 7) is 0. The van der Waals surface area contributed by atoms with E-state index in [9.17, 15) is 0 Å². The van der Waals surface area contributed by atoms with Crippen LogP contribution in [-0.4, -0.2) is 4.57 Å². The van der Waals surface area contributed by atoms with E-state index < -0.39 is 0 Å². The third-order valence-electron chi connectivity index (χ3n) is 11.5. The van der Waals surface area contributed by atoms with Gasteiger partial charge in [0.1, 0.15) is 0 Å². The molecule has 0 amide bonds. The van der Waals surface area contributed by atoms with Gasteiger partial charge >= 0.3 is 0 Å². The van der Waals surface area contributed by atoms with Crippen molar-refractivity contribution in [3.63, 3.8) is 0 Å². The molecule has 0 N–H and O–H groups in total. The maximum Gasteiger partial charge on any atom is 0.0619 e.